The van der Waals surface area contributed by atoms with Gasteiger partial charge in [-0.25, -0.2) is 0 Å². The van der Waals surface area contributed by atoms with Crippen molar-refractivity contribution in [2.24, 2.45) is 0 Å². The molecule has 0 amide bonds. The maximum Gasteiger partial charge on any atom is 0.125 e. The predicted octanol–water partition coefficient (Wildman–Crippen LogP) is 5.84. The number of benzene rings is 2. The van der Waals surface area contributed by atoms with Crippen LogP contribution in [0.3, 0.4) is 0 Å². The van der Waals surface area contributed by atoms with E-state index in [1.165, 1.54) is 55.6 Å². The highest BCUT2D eigenvalue weighted by atomic mass is 16.5. The second-order valence-corrected chi connectivity index (χ2v) is 6.82. The fraction of sp³-hybridized carbons (Fsp3) is 0.455. The molecule has 0 unspecified atom stereocenters. The van der Waals surface area contributed by atoms with Crippen molar-refractivity contribution in [3.63, 3.8) is 0 Å². The van der Waals surface area contributed by atoms with E-state index in [0.29, 0.717) is 0 Å². The summed E-state index contributed by atoms with van der Waals surface area (Å²) in [5, 5.41) is 0. The van der Waals surface area contributed by atoms with E-state index in [0.717, 1.165) is 11.5 Å². The molecule has 0 fully saturated rings. The summed E-state index contributed by atoms with van der Waals surface area (Å²) in [6.45, 7) is 17.4. The van der Waals surface area contributed by atoms with Crippen molar-refractivity contribution in [2.75, 3.05) is 14.2 Å². The Balaban J connectivity index is 2.99. The predicted molar refractivity (Wildman–Crippen MR) is 103 cm³/mol. The van der Waals surface area contributed by atoms with Crippen molar-refractivity contribution < 1.29 is 9.47 Å². The molecule has 0 bridgehead atoms. The van der Waals surface area contributed by atoms with E-state index in [2.05, 4.69) is 55.4 Å². The normalized spacial score (nSPS) is 10.9. The summed E-state index contributed by atoms with van der Waals surface area (Å²) in [5.74, 6) is 2.01. The van der Waals surface area contributed by atoms with E-state index in [1.54, 1.807) is 14.2 Å². The number of methoxy groups -OCH3 is 2. The van der Waals surface area contributed by atoms with E-state index in [9.17, 15) is 0 Å². The van der Waals surface area contributed by atoms with Gasteiger partial charge in [-0.1, -0.05) is 0 Å². The Kier molecular flexibility index (Phi) is 4.98. The number of ether oxygens (including phenoxy) is 2. The molecule has 0 atom stereocenters. The Morgan fingerprint density at radius 3 is 0.750 bits per heavy atom. The van der Waals surface area contributed by atoms with Gasteiger partial charge in [-0.2, -0.15) is 0 Å². The topological polar surface area (TPSA) is 18.5 Å². The minimum absolute atomic E-state index is 1.01. The summed E-state index contributed by atoms with van der Waals surface area (Å²) in [4.78, 5) is 0. The van der Waals surface area contributed by atoms with Gasteiger partial charge in [0.05, 0.1) is 14.2 Å². The van der Waals surface area contributed by atoms with Gasteiger partial charge in [0.1, 0.15) is 11.5 Å². The molecule has 0 aliphatic carbocycles. The molecular weight excluding hydrogens is 296 g/mol. The van der Waals surface area contributed by atoms with Crippen molar-refractivity contribution in [3.8, 4) is 22.6 Å². The van der Waals surface area contributed by atoms with Crippen LogP contribution >= 0.6 is 0 Å². The van der Waals surface area contributed by atoms with Gasteiger partial charge in [0.25, 0.3) is 0 Å². The van der Waals surface area contributed by atoms with Crippen molar-refractivity contribution in [2.45, 2.75) is 55.4 Å². The zero-order valence-corrected chi connectivity index (χ0v) is 16.8. The Labute approximate surface area is 146 Å². The first-order valence-corrected chi connectivity index (χ1v) is 8.47. The van der Waals surface area contributed by atoms with Crippen LogP contribution in [0.2, 0.25) is 0 Å². The minimum atomic E-state index is 1.01. The summed E-state index contributed by atoms with van der Waals surface area (Å²) in [6, 6.07) is 0. The third kappa shape index (κ3) is 2.49. The fourth-order valence-electron chi connectivity index (χ4n) is 3.92. The molecule has 130 valence electrons. The van der Waals surface area contributed by atoms with Crippen LogP contribution in [0.1, 0.15) is 44.5 Å². The molecule has 24 heavy (non-hydrogen) atoms. The van der Waals surface area contributed by atoms with E-state index >= 15 is 0 Å². The first-order valence-electron chi connectivity index (χ1n) is 8.47. The van der Waals surface area contributed by atoms with E-state index in [4.69, 9.17) is 9.47 Å². The molecule has 0 spiro atoms. The standard InChI is InChI=1S/C22H30O2/c1-11-15(5)21(23-9)16(6)12(2)19(11)20-13(3)17(7)22(24-10)18(8)14(20)4/h1-10H3. The molecule has 2 heteroatoms. The van der Waals surface area contributed by atoms with Crippen molar-refractivity contribution >= 4 is 0 Å². The molecule has 0 aliphatic heterocycles. The summed E-state index contributed by atoms with van der Waals surface area (Å²) in [5.41, 5.74) is 12.8. The molecule has 2 rings (SSSR count). The Morgan fingerprint density at radius 2 is 0.583 bits per heavy atom. The average Bonchev–Trinajstić information content (AvgIpc) is 2.55. The van der Waals surface area contributed by atoms with Crippen molar-refractivity contribution in [3.05, 3.63) is 44.5 Å². The third-order valence-electron chi connectivity index (χ3n) is 5.77. The number of rotatable bonds is 3. The first kappa shape index (κ1) is 18.4. The molecule has 0 saturated heterocycles. The van der Waals surface area contributed by atoms with Gasteiger partial charge < -0.3 is 9.47 Å². The lowest BCUT2D eigenvalue weighted by molar-refractivity contribution is 0.407. The zero-order valence-electron chi connectivity index (χ0n) is 16.8. The highest BCUT2D eigenvalue weighted by Gasteiger charge is 2.22. The highest BCUT2D eigenvalue weighted by Crippen LogP contribution is 2.44. The van der Waals surface area contributed by atoms with Crippen LogP contribution in [0.5, 0.6) is 11.5 Å². The molecule has 0 N–H and O–H groups in total. The molecular formula is C22H30O2. The first-order chi connectivity index (χ1) is 11.2. The smallest absolute Gasteiger partial charge is 0.125 e. The lowest BCUT2D eigenvalue weighted by Gasteiger charge is -2.25. The Hall–Kier alpha value is -1.96. The summed E-state index contributed by atoms with van der Waals surface area (Å²) < 4.78 is 11.3. The maximum atomic E-state index is 5.65. The lowest BCUT2D eigenvalue weighted by Crippen LogP contribution is -2.05. The fourth-order valence-corrected chi connectivity index (χ4v) is 3.92. The van der Waals surface area contributed by atoms with E-state index in [1.807, 2.05) is 0 Å². The second-order valence-electron chi connectivity index (χ2n) is 6.82. The lowest BCUT2D eigenvalue weighted by atomic mass is 9.82. The van der Waals surface area contributed by atoms with Crippen LogP contribution in [-0.2, 0) is 0 Å². The molecule has 0 aliphatic rings. The molecule has 0 radical (unpaired) electrons. The van der Waals surface area contributed by atoms with Gasteiger partial charge in [-0.15, -0.1) is 0 Å². The van der Waals surface area contributed by atoms with Gasteiger partial charge >= 0.3 is 0 Å². The molecule has 2 aromatic rings. The highest BCUT2D eigenvalue weighted by molar-refractivity contribution is 5.82. The SMILES string of the molecule is COc1c(C)c(C)c(-c2c(C)c(C)c(OC)c(C)c2C)c(C)c1C. The van der Waals surface area contributed by atoms with Gasteiger partial charge in [-0.05, 0) is 111 Å². The summed E-state index contributed by atoms with van der Waals surface area (Å²) >= 11 is 0. The Morgan fingerprint density at radius 1 is 0.375 bits per heavy atom. The second kappa shape index (κ2) is 6.51. The van der Waals surface area contributed by atoms with Gasteiger partial charge in [0.15, 0.2) is 0 Å². The minimum Gasteiger partial charge on any atom is -0.496 e. The molecule has 0 saturated carbocycles. The zero-order chi connectivity index (χ0) is 18.3. The van der Waals surface area contributed by atoms with Crippen LogP contribution in [0, 0.1) is 55.4 Å². The number of hydrogen-bond acceptors (Lipinski definition) is 2. The van der Waals surface area contributed by atoms with Crippen molar-refractivity contribution in [1.82, 2.24) is 0 Å². The van der Waals surface area contributed by atoms with Crippen LogP contribution in [-0.4, -0.2) is 14.2 Å². The van der Waals surface area contributed by atoms with Crippen LogP contribution in [0.15, 0.2) is 0 Å². The monoisotopic (exact) mass is 326 g/mol. The van der Waals surface area contributed by atoms with E-state index < -0.39 is 0 Å². The van der Waals surface area contributed by atoms with Crippen LogP contribution in [0.25, 0.3) is 11.1 Å². The molecule has 2 nitrogen and oxygen atoms in total. The summed E-state index contributed by atoms with van der Waals surface area (Å²) in [6.07, 6.45) is 0. The maximum absolute atomic E-state index is 5.65. The third-order valence-corrected chi connectivity index (χ3v) is 5.77. The summed E-state index contributed by atoms with van der Waals surface area (Å²) in [7, 11) is 3.51. The molecule has 2 aromatic carbocycles. The molecule has 0 aromatic heterocycles. The van der Waals surface area contributed by atoms with Gasteiger partial charge in [-0.3, -0.25) is 0 Å². The van der Waals surface area contributed by atoms with Gasteiger partial charge in [0, 0.05) is 0 Å². The van der Waals surface area contributed by atoms with Crippen LogP contribution < -0.4 is 9.47 Å². The van der Waals surface area contributed by atoms with Gasteiger partial charge in [0.2, 0.25) is 0 Å². The van der Waals surface area contributed by atoms with E-state index in [-0.39, 0.29) is 0 Å². The van der Waals surface area contributed by atoms with Crippen LogP contribution in [0.4, 0.5) is 0 Å². The number of hydrogen-bond donors (Lipinski definition) is 0. The Bertz CT molecular complexity index is 686. The quantitative estimate of drug-likeness (QED) is 0.705. The molecule has 0 heterocycles. The average molecular weight is 326 g/mol. The largest absolute Gasteiger partial charge is 0.496 e. The van der Waals surface area contributed by atoms with Crippen molar-refractivity contribution in [1.29, 1.82) is 0 Å².